The van der Waals surface area contributed by atoms with E-state index in [9.17, 15) is 4.79 Å². The Morgan fingerprint density at radius 1 is 1.08 bits per heavy atom. The average Bonchev–Trinajstić information content (AvgIpc) is 2.59. The number of carbonyl (C=O) groups is 1. The Balaban J connectivity index is 1.73. The number of morpholine rings is 1. The number of nitrogens with one attached hydrogen (secondary N) is 1. The molecule has 6 nitrogen and oxygen atoms in total. The normalized spacial score (nSPS) is 14.5. The molecule has 1 N–H and O–H groups in total. The number of hydrogen-bond acceptors (Lipinski definition) is 5. The third-order valence-corrected chi connectivity index (χ3v) is 4.11. The van der Waals surface area contributed by atoms with Crippen molar-refractivity contribution in [1.29, 1.82) is 0 Å². The van der Waals surface area contributed by atoms with E-state index in [1.54, 1.807) is 12.4 Å². The summed E-state index contributed by atoms with van der Waals surface area (Å²) in [6.07, 6.45) is 3.15. The van der Waals surface area contributed by atoms with Crippen LogP contribution in [0.4, 0.5) is 11.6 Å². The first-order valence-corrected chi connectivity index (χ1v) is 8.08. The van der Waals surface area contributed by atoms with Crippen molar-refractivity contribution in [3.63, 3.8) is 0 Å². The first-order valence-electron chi connectivity index (χ1n) is 8.08. The fourth-order valence-electron chi connectivity index (χ4n) is 2.93. The Bertz CT molecular complexity index is 714. The zero-order chi connectivity index (χ0) is 17.1. The minimum Gasteiger partial charge on any atom is -0.378 e. The summed E-state index contributed by atoms with van der Waals surface area (Å²) in [5.41, 5.74) is 4.58. The van der Waals surface area contributed by atoms with Crippen molar-refractivity contribution >= 4 is 17.5 Å². The van der Waals surface area contributed by atoms with E-state index in [1.165, 1.54) is 5.56 Å². The lowest BCUT2D eigenvalue weighted by Crippen LogP contribution is -2.37. The highest BCUT2D eigenvalue weighted by atomic mass is 16.5. The van der Waals surface area contributed by atoms with Gasteiger partial charge in [-0.05, 0) is 31.9 Å². The molecule has 1 saturated heterocycles. The van der Waals surface area contributed by atoms with Gasteiger partial charge < -0.3 is 15.0 Å². The monoisotopic (exact) mass is 326 g/mol. The highest BCUT2D eigenvalue weighted by Gasteiger charge is 2.15. The van der Waals surface area contributed by atoms with Crippen molar-refractivity contribution in [2.24, 2.45) is 0 Å². The van der Waals surface area contributed by atoms with E-state index in [0.717, 1.165) is 29.9 Å². The molecular weight excluding hydrogens is 304 g/mol. The number of hydrogen-bond donors (Lipinski definition) is 1. The van der Waals surface area contributed by atoms with E-state index in [-0.39, 0.29) is 5.91 Å². The van der Waals surface area contributed by atoms with E-state index in [2.05, 4.69) is 32.3 Å². The third-order valence-electron chi connectivity index (χ3n) is 4.11. The standard InChI is InChI=1S/C18H22N4O2/c1-12-8-13(2)16(14(3)9-12)21-17(23)15-10-19-18(20-11-15)22-4-6-24-7-5-22/h8-11H,4-7H2,1-3H3,(H,21,23). The van der Waals surface area contributed by atoms with Crippen LogP contribution in [0.1, 0.15) is 27.0 Å². The molecule has 126 valence electrons. The molecule has 0 spiro atoms. The van der Waals surface area contributed by atoms with Crippen LogP contribution >= 0.6 is 0 Å². The van der Waals surface area contributed by atoms with Crippen LogP contribution in [-0.2, 0) is 4.74 Å². The lowest BCUT2D eigenvalue weighted by molar-refractivity contribution is 0.102. The predicted octanol–water partition coefficient (Wildman–Crippen LogP) is 2.49. The van der Waals surface area contributed by atoms with Crippen molar-refractivity contribution in [2.75, 3.05) is 36.5 Å². The van der Waals surface area contributed by atoms with Crippen molar-refractivity contribution in [1.82, 2.24) is 9.97 Å². The lowest BCUT2D eigenvalue weighted by Gasteiger charge is -2.26. The maximum absolute atomic E-state index is 12.5. The predicted molar refractivity (Wildman–Crippen MR) is 93.7 cm³/mol. The minimum absolute atomic E-state index is 0.196. The molecule has 1 aromatic heterocycles. The molecule has 2 heterocycles. The molecule has 3 rings (SSSR count). The topological polar surface area (TPSA) is 67.4 Å². The zero-order valence-electron chi connectivity index (χ0n) is 14.3. The molecule has 0 atom stereocenters. The van der Waals surface area contributed by atoms with Gasteiger partial charge in [0.2, 0.25) is 5.95 Å². The summed E-state index contributed by atoms with van der Waals surface area (Å²) in [4.78, 5) is 23.2. The molecule has 1 fully saturated rings. The van der Waals surface area contributed by atoms with Gasteiger partial charge in [-0.15, -0.1) is 0 Å². The van der Waals surface area contributed by atoms with Crippen LogP contribution in [-0.4, -0.2) is 42.2 Å². The summed E-state index contributed by atoms with van der Waals surface area (Å²) in [6.45, 7) is 8.93. The summed E-state index contributed by atoms with van der Waals surface area (Å²) in [5.74, 6) is 0.441. The maximum Gasteiger partial charge on any atom is 0.258 e. The Kier molecular flexibility index (Phi) is 4.76. The van der Waals surface area contributed by atoms with E-state index < -0.39 is 0 Å². The minimum atomic E-state index is -0.196. The van der Waals surface area contributed by atoms with E-state index >= 15 is 0 Å². The summed E-state index contributed by atoms with van der Waals surface area (Å²) in [5, 5.41) is 2.97. The fraction of sp³-hybridized carbons (Fsp3) is 0.389. The summed E-state index contributed by atoms with van der Waals surface area (Å²) in [6, 6.07) is 4.11. The van der Waals surface area contributed by atoms with Gasteiger partial charge in [-0.1, -0.05) is 17.7 Å². The maximum atomic E-state index is 12.5. The van der Waals surface area contributed by atoms with Crippen molar-refractivity contribution in [2.45, 2.75) is 20.8 Å². The Morgan fingerprint density at radius 2 is 1.67 bits per heavy atom. The fourth-order valence-corrected chi connectivity index (χ4v) is 2.93. The number of rotatable bonds is 3. The van der Waals surface area contributed by atoms with E-state index in [1.807, 2.05) is 20.8 Å². The Labute approximate surface area is 141 Å². The number of amides is 1. The van der Waals surface area contributed by atoms with Crippen LogP contribution in [0.25, 0.3) is 0 Å². The lowest BCUT2D eigenvalue weighted by atomic mass is 10.0. The first kappa shape index (κ1) is 16.4. The van der Waals surface area contributed by atoms with E-state index in [0.29, 0.717) is 24.7 Å². The smallest absolute Gasteiger partial charge is 0.258 e. The van der Waals surface area contributed by atoms with Gasteiger partial charge in [-0.3, -0.25) is 4.79 Å². The number of ether oxygens (including phenoxy) is 1. The number of nitrogens with zero attached hydrogens (tertiary/aromatic N) is 3. The van der Waals surface area contributed by atoms with Crippen LogP contribution in [0.5, 0.6) is 0 Å². The van der Waals surface area contributed by atoms with Gasteiger partial charge in [0.05, 0.1) is 18.8 Å². The molecule has 0 bridgehead atoms. The van der Waals surface area contributed by atoms with E-state index in [4.69, 9.17) is 4.74 Å². The molecule has 0 radical (unpaired) electrons. The van der Waals surface area contributed by atoms with Gasteiger partial charge in [-0.2, -0.15) is 0 Å². The molecule has 1 amide bonds. The average molecular weight is 326 g/mol. The molecule has 24 heavy (non-hydrogen) atoms. The van der Waals surface area contributed by atoms with Gasteiger partial charge in [-0.25, -0.2) is 9.97 Å². The summed E-state index contributed by atoms with van der Waals surface area (Å²) >= 11 is 0. The number of anilines is 2. The SMILES string of the molecule is Cc1cc(C)c(NC(=O)c2cnc(N3CCOCC3)nc2)c(C)c1. The zero-order valence-corrected chi connectivity index (χ0v) is 14.3. The van der Waals surface area contributed by atoms with Crippen molar-refractivity contribution < 1.29 is 9.53 Å². The van der Waals surface area contributed by atoms with Gasteiger partial charge in [0.15, 0.2) is 0 Å². The molecule has 1 aliphatic heterocycles. The molecule has 1 aromatic carbocycles. The van der Waals surface area contributed by atoms with Gasteiger partial charge in [0.25, 0.3) is 5.91 Å². The number of aromatic nitrogens is 2. The van der Waals surface area contributed by atoms with Gasteiger partial charge in [0.1, 0.15) is 0 Å². The van der Waals surface area contributed by atoms with Crippen LogP contribution < -0.4 is 10.2 Å². The molecule has 0 saturated carbocycles. The second-order valence-electron chi connectivity index (χ2n) is 6.10. The highest BCUT2D eigenvalue weighted by Crippen LogP contribution is 2.22. The highest BCUT2D eigenvalue weighted by molar-refractivity contribution is 6.04. The molecule has 2 aromatic rings. The Hall–Kier alpha value is -2.47. The summed E-state index contributed by atoms with van der Waals surface area (Å²) < 4.78 is 5.32. The molecule has 1 aliphatic rings. The van der Waals surface area contributed by atoms with Gasteiger partial charge >= 0.3 is 0 Å². The van der Waals surface area contributed by atoms with Crippen LogP contribution in [0.3, 0.4) is 0 Å². The number of benzene rings is 1. The molecule has 0 unspecified atom stereocenters. The van der Waals surface area contributed by atoms with Gasteiger partial charge in [0, 0.05) is 31.2 Å². The number of carbonyl (C=O) groups excluding carboxylic acids is 1. The van der Waals surface area contributed by atoms with Crippen LogP contribution in [0.15, 0.2) is 24.5 Å². The largest absolute Gasteiger partial charge is 0.378 e. The second kappa shape index (κ2) is 6.97. The number of aryl methyl sites for hydroxylation is 3. The molecule has 0 aliphatic carbocycles. The van der Waals surface area contributed by atoms with Crippen LogP contribution in [0, 0.1) is 20.8 Å². The molecular formula is C18H22N4O2. The van der Waals surface area contributed by atoms with Crippen molar-refractivity contribution in [3.8, 4) is 0 Å². The molecule has 6 heteroatoms. The second-order valence-corrected chi connectivity index (χ2v) is 6.10. The third kappa shape index (κ3) is 3.54. The summed E-state index contributed by atoms with van der Waals surface area (Å²) in [7, 11) is 0. The quantitative estimate of drug-likeness (QED) is 0.938. The Morgan fingerprint density at radius 3 is 2.25 bits per heavy atom. The van der Waals surface area contributed by atoms with Crippen molar-refractivity contribution in [3.05, 3.63) is 46.8 Å². The van der Waals surface area contributed by atoms with Crippen LogP contribution in [0.2, 0.25) is 0 Å². The first-order chi connectivity index (χ1) is 11.5.